The van der Waals surface area contributed by atoms with Crippen molar-refractivity contribution in [1.82, 2.24) is 15.1 Å². The highest BCUT2D eigenvalue weighted by Crippen LogP contribution is 2.43. The van der Waals surface area contributed by atoms with E-state index < -0.39 is 31.6 Å². The van der Waals surface area contributed by atoms with Gasteiger partial charge in [0.05, 0.1) is 15.6 Å². The summed E-state index contributed by atoms with van der Waals surface area (Å²) in [6.07, 6.45) is -4.00. The molecule has 0 aliphatic heterocycles. The highest BCUT2D eigenvalue weighted by Gasteiger charge is 2.34. The third-order valence-electron chi connectivity index (χ3n) is 3.23. The van der Waals surface area contributed by atoms with E-state index in [0.717, 1.165) is 10.7 Å². The zero-order valence-electron chi connectivity index (χ0n) is 13.9. The highest BCUT2D eigenvalue weighted by molar-refractivity contribution is 6.66. The molecule has 0 spiro atoms. The minimum Gasteiger partial charge on any atom is -0.434 e. The third kappa shape index (κ3) is 5.51. The van der Waals surface area contributed by atoms with Gasteiger partial charge in [-0.3, -0.25) is 0 Å². The number of hydrogen-bond acceptors (Lipinski definition) is 3. The maximum atomic E-state index is 12.8. The first-order valence-corrected chi connectivity index (χ1v) is 9.43. The van der Waals surface area contributed by atoms with Crippen LogP contribution in [0.3, 0.4) is 0 Å². The molecule has 1 amide bonds. The van der Waals surface area contributed by atoms with Crippen molar-refractivity contribution in [2.24, 2.45) is 0 Å². The normalized spacial score (nSPS) is 12.2. The molecule has 0 bridgehead atoms. The summed E-state index contributed by atoms with van der Waals surface area (Å²) < 4.78 is 42.6. The molecule has 2 rings (SSSR count). The Morgan fingerprint density at radius 1 is 1.18 bits per heavy atom. The van der Waals surface area contributed by atoms with Crippen LogP contribution in [0.15, 0.2) is 18.2 Å². The molecule has 154 valence electrons. The van der Waals surface area contributed by atoms with Crippen molar-refractivity contribution in [1.29, 1.82) is 0 Å². The van der Waals surface area contributed by atoms with Crippen LogP contribution < -0.4 is 10.1 Å². The number of amides is 1. The fourth-order valence-electron chi connectivity index (χ4n) is 2.00. The van der Waals surface area contributed by atoms with Gasteiger partial charge in [0.25, 0.3) is 0 Å². The zero-order valence-corrected chi connectivity index (χ0v) is 17.7. The second-order valence-corrected chi connectivity index (χ2v) is 8.47. The number of rotatable bonds is 4. The van der Waals surface area contributed by atoms with Gasteiger partial charge in [0, 0.05) is 12.6 Å². The minimum absolute atomic E-state index is 0.153. The Labute approximate surface area is 182 Å². The van der Waals surface area contributed by atoms with E-state index in [1.54, 1.807) is 0 Å². The molecule has 0 unspecified atom stereocenters. The number of halogens is 8. The van der Waals surface area contributed by atoms with Gasteiger partial charge in [0.1, 0.15) is 5.69 Å². The first-order chi connectivity index (χ1) is 12.8. The van der Waals surface area contributed by atoms with Crippen molar-refractivity contribution < 1.29 is 22.7 Å². The summed E-state index contributed by atoms with van der Waals surface area (Å²) >= 11 is 29.3. The Morgan fingerprint density at radius 3 is 2.21 bits per heavy atom. The second-order valence-electron chi connectivity index (χ2n) is 5.38. The maximum Gasteiger partial charge on any atom is 0.416 e. The Balaban J connectivity index is 2.42. The lowest BCUT2D eigenvalue weighted by atomic mass is 10.2. The molecular formula is C15H11Cl5F3N3O2. The molecule has 1 N–H and O–H groups in total. The fraction of sp³-hybridized carbons (Fsp3) is 0.333. The minimum atomic E-state index is -4.65. The van der Waals surface area contributed by atoms with Crippen LogP contribution in [0.25, 0.3) is 0 Å². The zero-order chi connectivity index (χ0) is 21.3. The van der Waals surface area contributed by atoms with Gasteiger partial charge in [-0.15, -0.1) is 5.10 Å². The third-order valence-corrected chi connectivity index (χ3v) is 4.37. The van der Waals surface area contributed by atoms with E-state index in [1.807, 2.05) is 6.92 Å². The van der Waals surface area contributed by atoms with Gasteiger partial charge in [0.2, 0.25) is 9.67 Å². The number of alkyl halides is 6. The summed E-state index contributed by atoms with van der Waals surface area (Å²) in [5, 5.41) is 5.57. The number of aromatic nitrogens is 2. The smallest absolute Gasteiger partial charge is 0.416 e. The van der Waals surface area contributed by atoms with E-state index in [1.165, 1.54) is 0 Å². The van der Waals surface area contributed by atoms with Crippen LogP contribution in [0.4, 0.5) is 18.0 Å². The van der Waals surface area contributed by atoms with E-state index in [0.29, 0.717) is 25.1 Å². The molecule has 28 heavy (non-hydrogen) atoms. The molecule has 0 saturated carbocycles. The van der Waals surface area contributed by atoms with E-state index in [2.05, 4.69) is 10.4 Å². The number of carbonyl (C=O) groups excluding carboxylic acids is 1. The second kappa shape index (κ2) is 8.75. The molecule has 0 saturated heterocycles. The monoisotopic (exact) mass is 497 g/mol. The number of nitrogens with one attached hydrogen (secondary N) is 1. The van der Waals surface area contributed by atoms with E-state index in [4.69, 9.17) is 62.7 Å². The Bertz CT molecular complexity index is 858. The highest BCUT2D eigenvalue weighted by atomic mass is 35.6. The molecule has 5 nitrogen and oxygen atoms in total. The quantitative estimate of drug-likeness (QED) is 0.471. The van der Waals surface area contributed by atoms with Crippen molar-refractivity contribution in [2.45, 2.75) is 23.3 Å². The summed E-state index contributed by atoms with van der Waals surface area (Å²) in [5.41, 5.74) is -1.21. The predicted octanol–water partition coefficient (Wildman–Crippen LogP) is 6.80. The molecule has 0 aliphatic carbocycles. The average Bonchev–Trinajstić information content (AvgIpc) is 2.99. The van der Waals surface area contributed by atoms with Gasteiger partial charge in [-0.05, 0) is 18.6 Å². The van der Waals surface area contributed by atoms with Gasteiger partial charge in [-0.25, -0.2) is 4.79 Å². The van der Waals surface area contributed by atoms with Crippen molar-refractivity contribution in [2.75, 3.05) is 6.54 Å². The van der Waals surface area contributed by atoms with Gasteiger partial charge in [-0.1, -0.05) is 64.9 Å². The van der Waals surface area contributed by atoms with Crippen LogP contribution in [0, 0.1) is 0 Å². The number of carbonyl (C=O) groups is 1. The van der Waals surface area contributed by atoms with Crippen molar-refractivity contribution >= 4 is 64.0 Å². The van der Waals surface area contributed by atoms with E-state index in [9.17, 15) is 18.0 Å². The van der Waals surface area contributed by atoms with Gasteiger partial charge in [-0.2, -0.15) is 17.9 Å². The molecule has 2 aromatic rings. The molecule has 1 aromatic carbocycles. The standard InChI is InChI=1S/C15H11Cl5F3N3O2/c1-2-3-24-13(27)26-10(14(18,19)20)6-11(25-26)28-12-8(16)4-7(5-9(12)17)15(21,22)23/h4-6H,2-3H2,1H3,(H,24,27). The molecular weight excluding hydrogens is 488 g/mol. The molecule has 0 fully saturated rings. The van der Waals surface area contributed by atoms with Crippen LogP contribution in [0.1, 0.15) is 24.6 Å². The molecule has 0 radical (unpaired) electrons. The molecule has 1 aromatic heterocycles. The summed E-state index contributed by atoms with van der Waals surface area (Å²) in [5.74, 6) is -0.567. The lowest BCUT2D eigenvalue weighted by molar-refractivity contribution is -0.137. The predicted molar refractivity (Wildman–Crippen MR) is 102 cm³/mol. The number of benzene rings is 1. The summed E-state index contributed by atoms with van der Waals surface area (Å²) in [7, 11) is 0. The number of nitrogens with zero attached hydrogens (tertiary/aromatic N) is 2. The molecule has 1 heterocycles. The lowest BCUT2D eigenvalue weighted by Gasteiger charge is -2.12. The SMILES string of the molecule is CCCNC(=O)n1nc(Oc2c(Cl)cc(C(F)(F)F)cc2Cl)cc1C(Cl)(Cl)Cl. The topological polar surface area (TPSA) is 56.2 Å². The number of ether oxygens (including phenoxy) is 1. The molecule has 13 heteroatoms. The van der Waals surface area contributed by atoms with Crippen molar-refractivity contribution in [3.63, 3.8) is 0 Å². The van der Waals surface area contributed by atoms with Gasteiger partial charge in [0.15, 0.2) is 5.75 Å². The maximum absolute atomic E-state index is 12.8. The van der Waals surface area contributed by atoms with Crippen molar-refractivity contribution in [3.8, 4) is 11.6 Å². The Hall–Kier alpha value is -1.06. The van der Waals surface area contributed by atoms with Crippen LogP contribution in [0.5, 0.6) is 11.6 Å². The lowest BCUT2D eigenvalue weighted by Crippen LogP contribution is -2.32. The first kappa shape index (κ1) is 23.2. The van der Waals surface area contributed by atoms with Crippen LogP contribution >= 0.6 is 58.0 Å². The Kier molecular flexibility index (Phi) is 7.26. The van der Waals surface area contributed by atoms with Crippen molar-refractivity contribution in [3.05, 3.63) is 39.5 Å². The van der Waals surface area contributed by atoms with E-state index >= 15 is 0 Å². The molecule has 0 aliphatic rings. The largest absolute Gasteiger partial charge is 0.434 e. The molecule has 0 atom stereocenters. The van der Waals surface area contributed by atoms with E-state index in [-0.39, 0.29) is 17.3 Å². The summed E-state index contributed by atoms with van der Waals surface area (Å²) in [6.45, 7) is 2.17. The summed E-state index contributed by atoms with van der Waals surface area (Å²) in [6, 6.07) is 1.72. The van der Waals surface area contributed by atoms with Crippen LogP contribution in [0.2, 0.25) is 10.0 Å². The number of hydrogen-bond donors (Lipinski definition) is 1. The van der Waals surface area contributed by atoms with Gasteiger partial charge >= 0.3 is 12.2 Å². The van der Waals surface area contributed by atoms with Crippen LogP contribution in [-0.2, 0) is 9.97 Å². The van der Waals surface area contributed by atoms with Gasteiger partial charge < -0.3 is 10.1 Å². The summed E-state index contributed by atoms with van der Waals surface area (Å²) in [4.78, 5) is 12.2. The average molecular weight is 500 g/mol. The first-order valence-electron chi connectivity index (χ1n) is 7.54. The fourth-order valence-corrected chi connectivity index (χ4v) is 2.97. The Morgan fingerprint density at radius 2 is 1.75 bits per heavy atom. The van der Waals surface area contributed by atoms with Crippen LogP contribution in [-0.4, -0.2) is 22.4 Å².